The number of ketones is 1. The molecule has 0 radical (unpaired) electrons. The molecule has 4 heteroatoms. The minimum atomic E-state index is -0.435. The monoisotopic (exact) mass is 231 g/mol. The summed E-state index contributed by atoms with van der Waals surface area (Å²) in [6.45, 7) is 3.34. The van der Waals surface area contributed by atoms with Crippen LogP contribution in [0.2, 0.25) is 0 Å². The highest BCUT2D eigenvalue weighted by Gasteiger charge is 2.02. The largest absolute Gasteiger partial charge is 0.295 e. The number of carbonyl (C=O) groups excluding carboxylic acids is 1. The lowest BCUT2D eigenvalue weighted by Gasteiger charge is -1.95. The lowest BCUT2D eigenvalue weighted by Crippen LogP contribution is -1.86. The molecule has 0 saturated carbocycles. The minimum Gasteiger partial charge on any atom is -0.295 e. The van der Waals surface area contributed by atoms with Crippen molar-refractivity contribution in [1.82, 2.24) is 0 Å². The molecule has 0 heterocycles. The molecule has 0 aliphatic heterocycles. The van der Waals surface area contributed by atoms with Crippen LogP contribution in [0.15, 0.2) is 42.0 Å². The Morgan fingerprint density at radius 3 is 2.24 bits per heavy atom. The van der Waals surface area contributed by atoms with Crippen LogP contribution in [0.25, 0.3) is 6.08 Å². The zero-order valence-corrected chi connectivity index (χ0v) is 9.71. The zero-order chi connectivity index (χ0) is 12.8. The Morgan fingerprint density at radius 1 is 1.18 bits per heavy atom. The van der Waals surface area contributed by atoms with Gasteiger partial charge in [0.15, 0.2) is 5.78 Å². The molecular weight excluding hydrogens is 218 g/mol. The first-order valence-electron chi connectivity index (χ1n) is 5.10. The maximum Gasteiger partial charge on any atom is 0.269 e. The Morgan fingerprint density at radius 2 is 1.76 bits per heavy atom. The number of allylic oxidation sites excluding steroid dienone is 3. The van der Waals surface area contributed by atoms with E-state index in [4.69, 9.17) is 0 Å². The van der Waals surface area contributed by atoms with Gasteiger partial charge in [-0.2, -0.15) is 0 Å². The first kappa shape index (κ1) is 12.8. The zero-order valence-electron chi connectivity index (χ0n) is 9.71. The van der Waals surface area contributed by atoms with E-state index in [1.54, 1.807) is 18.2 Å². The number of benzene rings is 1. The van der Waals surface area contributed by atoms with E-state index in [-0.39, 0.29) is 11.5 Å². The maximum atomic E-state index is 10.7. The number of rotatable bonds is 4. The van der Waals surface area contributed by atoms with Gasteiger partial charge >= 0.3 is 0 Å². The second-order valence-corrected chi connectivity index (χ2v) is 3.68. The molecule has 0 saturated heterocycles. The van der Waals surface area contributed by atoms with Gasteiger partial charge in [-0.1, -0.05) is 17.7 Å². The van der Waals surface area contributed by atoms with Crippen molar-refractivity contribution in [2.45, 2.75) is 13.8 Å². The van der Waals surface area contributed by atoms with E-state index in [0.717, 1.165) is 11.1 Å². The Labute approximate surface area is 99.4 Å². The summed E-state index contributed by atoms with van der Waals surface area (Å²) in [6, 6.07) is 6.24. The second kappa shape index (κ2) is 5.75. The highest BCUT2D eigenvalue weighted by atomic mass is 16.6. The van der Waals surface area contributed by atoms with E-state index < -0.39 is 4.92 Å². The van der Waals surface area contributed by atoms with Gasteiger partial charge in [-0.3, -0.25) is 14.9 Å². The van der Waals surface area contributed by atoms with Gasteiger partial charge in [0.05, 0.1) is 4.92 Å². The van der Waals surface area contributed by atoms with Crippen molar-refractivity contribution in [3.63, 3.8) is 0 Å². The molecule has 0 N–H and O–H groups in total. The number of nitro groups is 1. The number of hydrogen-bond acceptors (Lipinski definition) is 3. The smallest absolute Gasteiger partial charge is 0.269 e. The van der Waals surface area contributed by atoms with Crippen LogP contribution in [0.4, 0.5) is 5.69 Å². The van der Waals surface area contributed by atoms with Gasteiger partial charge in [0, 0.05) is 12.1 Å². The fourth-order valence-corrected chi connectivity index (χ4v) is 1.25. The third kappa shape index (κ3) is 4.42. The number of carbonyl (C=O) groups is 1. The molecule has 0 aliphatic rings. The van der Waals surface area contributed by atoms with Gasteiger partial charge in [-0.25, -0.2) is 0 Å². The maximum absolute atomic E-state index is 10.7. The van der Waals surface area contributed by atoms with Crippen LogP contribution in [-0.2, 0) is 4.79 Å². The lowest BCUT2D eigenvalue weighted by molar-refractivity contribution is -0.384. The van der Waals surface area contributed by atoms with Gasteiger partial charge in [-0.05, 0) is 37.6 Å². The van der Waals surface area contributed by atoms with Gasteiger partial charge in [0.2, 0.25) is 0 Å². The molecule has 88 valence electrons. The summed E-state index contributed by atoms with van der Waals surface area (Å²) in [6.07, 6.45) is 5.05. The van der Waals surface area contributed by atoms with E-state index in [1.165, 1.54) is 25.1 Å². The topological polar surface area (TPSA) is 60.2 Å². The molecule has 1 rings (SSSR count). The van der Waals surface area contributed by atoms with Crippen molar-refractivity contribution in [3.8, 4) is 0 Å². The van der Waals surface area contributed by atoms with Crippen molar-refractivity contribution in [2.75, 3.05) is 0 Å². The molecule has 0 aliphatic carbocycles. The Hall–Kier alpha value is -2.23. The molecule has 4 nitrogen and oxygen atoms in total. The molecule has 1 aromatic carbocycles. The van der Waals surface area contributed by atoms with E-state index >= 15 is 0 Å². The molecule has 0 amide bonds. The highest BCUT2D eigenvalue weighted by molar-refractivity contribution is 5.87. The van der Waals surface area contributed by atoms with Crippen molar-refractivity contribution in [3.05, 3.63) is 57.7 Å². The predicted molar refractivity (Wildman–Crippen MR) is 66.6 cm³/mol. The molecule has 0 spiro atoms. The molecule has 0 fully saturated rings. The first-order valence-corrected chi connectivity index (χ1v) is 5.10. The molecule has 17 heavy (non-hydrogen) atoms. The van der Waals surface area contributed by atoms with E-state index in [9.17, 15) is 14.9 Å². The van der Waals surface area contributed by atoms with Gasteiger partial charge in [0.25, 0.3) is 5.69 Å². The second-order valence-electron chi connectivity index (χ2n) is 3.68. The number of nitro benzene ring substituents is 1. The van der Waals surface area contributed by atoms with Crippen LogP contribution in [-0.4, -0.2) is 10.7 Å². The number of non-ortho nitro benzene ring substituents is 1. The third-order valence-corrected chi connectivity index (χ3v) is 2.08. The summed E-state index contributed by atoms with van der Waals surface area (Å²) in [7, 11) is 0. The van der Waals surface area contributed by atoms with Crippen LogP contribution in [0.5, 0.6) is 0 Å². The van der Waals surface area contributed by atoms with Crippen molar-refractivity contribution >= 4 is 17.5 Å². The standard InChI is InChI=1S/C13H13NO3/c1-10(3-4-11(2)15)9-12-5-7-13(8-6-12)14(16)17/h3-9H,1-2H3. The minimum absolute atomic E-state index is 0.0125. The quantitative estimate of drug-likeness (QED) is 0.346. The van der Waals surface area contributed by atoms with E-state index in [1.807, 2.05) is 13.0 Å². The van der Waals surface area contributed by atoms with Crippen molar-refractivity contribution in [2.24, 2.45) is 0 Å². The number of hydrogen-bond donors (Lipinski definition) is 0. The predicted octanol–water partition coefficient (Wildman–Crippen LogP) is 3.14. The fourth-order valence-electron chi connectivity index (χ4n) is 1.25. The fraction of sp³-hybridized carbons (Fsp3) is 0.154. The van der Waals surface area contributed by atoms with Crippen LogP contribution < -0.4 is 0 Å². The summed E-state index contributed by atoms with van der Waals surface area (Å²) in [4.78, 5) is 20.8. The molecule has 1 aromatic rings. The average molecular weight is 231 g/mol. The molecule has 0 atom stereocenters. The van der Waals surface area contributed by atoms with Gasteiger partial charge in [0.1, 0.15) is 0 Å². The van der Waals surface area contributed by atoms with Crippen molar-refractivity contribution in [1.29, 1.82) is 0 Å². The van der Waals surface area contributed by atoms with Crippen LogP contribution in [0.1, 0.15) is 19.4 Å². The van der Waals surface area contributed by atoms with Crippen LogP contribution >= 0.6 is 0 Å². The van der Waals surface area contributed by atoms with Crippen LogP contribution in [0, 0.1) is 10.1 Å². The normalized spacial score (nSPS) is 11.8. The average Bonchev–Trinajstić information content (AvgIpc) is 2.27. The third-order valence-electron chi connectivity index (χ3n) is 2.08. The highest BCUT2D eigenvalue weighted by Crippen LogP contribution is 2.14. The summed E-state index contributed by atoms with van der Waals surface area (Å²) in [5.41, 5.74) is 1.84. The summed E-state index contributed by atoms with van der Waals surface area (Å²) in [5.74, 6) is -0.0125. The molecule has 0 bridgehead atoms. The summed E-state index contributed by atoms with van der Waals surface area (Å²) >= 11 is 0. The summed E-state index contributed by atoms with van der Waals surface area (Å²) in [5, 5.41) is 10.5. The number of nitrogens with zero attached hydrogens (tertiary/aromatic N) is 1. The van der Waals surface area contributed by atoms with Crippen LogP contribution in [0.3, 0.4) is 0 Å². The Balaban J connectivity index is 2.84. The van der Waals surface area contributed by atoms with Gasteiger partial charge < -0.3 is 0 Å². The van der Waals surface area contributed by atoms with Crippen molar-refractivity contribution < 1.29 is 9.72 Å². The molecule has 0 aromatic heterocycles. The van der Waals surface area contributed by atoms with E-state index in [0.29, 0.717) is 0 Å². The summed E-state index contributed by atoms with van der Waals surface area (Å²) < 4.78 is 0. The first-order chi connectivity index (χ1) is 7.99. The van der Waals surface area contributed by atoms with E-state index in [2.05, 4.69) is 0 Å². The SMILES string of the molecule is CC(=O)C=CC(C)=Cc1ccc([N+](=O)[O-])cc1. The lowest BCUT2D eigenvalue weighted by atomic mass is 10.1. The Kier molecular flexibility index (Phi) is 4.34. The van der Waals surface area contributed by atoms with Gasteiger partial charge in [-0.15, -0.1) is 0 Å². The Bertz CT molecular complexity index is 484. The molecule has 0 unspecified atom stereocenters. The molecular formula is C13H13NO3.